The number of carbonyl (C=O) groups is 1. The van der Waals surface area contributed by atoms with Crippen molar-refractivity contribution in [2.24, 2.45) is 0 Å². The minimum absolute atomic E-state index is 0.157. The minimum Gasteiger partial charge on any atom is -0.463 e. The molecule has 1 N–H and O–H groups in total. The SMILES string of the molecule is CCOC(=O)/C=C(\NCc1ccccc1)C(F)F. The van der Waals surface area contributed by atoms with Gasteiger partial charge >= 0.3 is 5.97 Å². The average molecular weight is 255 g/mol. The Hall–Kier alpha value is -1.91. The fourth-order valence-corrected chi connectivity index (χ4v) is 1.30. The van der Waals surface area contributed by atoms with E-state index in [1.54, 1.807) is 19.1 Å². The second-order valence-electron chi connectivity index (χ2n) is 3.49. The molecule has 3 nitrogen and oxygen atoms in total. The molecular formula is C13H15F2NO2. The highest BCUT2D eigenvalue weighted by Crippen LogP contribution is 2.07. The number of ether oxygens (including phenoxy) is 1. The standard InChI is InChI=1S/C13H15F2NO2/c1-2-18-12(17)8-11(13(14)15)16-9-10-6-4-3-5-7-10/h3-8,13,16H,2,9H2,1H3/b11-8-. The average Bonchev–Trinajstić information content (AvgIpc) is 2.35. The number of hydrogen-bond donors (Lipinski definition) is 1. The lowest BCUT2D eigenvalue weighted by atomic mass is 10.2. The van der Waals surface area contributed by atoms with Gasteiger partial charge < -0.3 is 10.1 Å². The predicted octanol–water partition coefficient (Wildman–Crippen LogP) is 2.49. The van der Waals surface area contributed by atoms with Gasteiger partial charge in [0.05, 0.1) is 12.3 Å². The molecule has 0 aliphatic carbocycles. The zero-order valence-electron chi connectivity index (χ0n) is 10.0. The lowest BCUT2D eigenvalue weighted by Crippen LogP contribution is -2.20. The molecule has 0 unspecified atom stereocenters. The zero-order chi connectivity index (χ0) is 13.4. The number of allylic oxidation sites excluding steroid dienone is 1. The van der Waals surface area contributed by atoms with Gasteiger partial charge in [0.1, 0.15) is 0 Å². The molecular weight excluding hydrogens is 240 g/mol. The Bertz CT molecular complexity index is 405. The van der Waals surface area contributed by atoms with Gasteiger partial charge in [-0.15, -0.1) is 0 Å². The summed E-state index contributed by atoms with van der Waals surface area (Å²) < 4.78 is 29.9. The van der Waals surface area contributed by atoms with Crippen molar-refractivity contribution >= 4 is 5.97 Å². The molecule has 98 valence electrons. The highest BCUT2D eigenvalue weighted by Gasteiger charge is 2.13. The number of esters is 1. The molecule has 1 aromatic carbocycles. The van der Waals surface area contributed by atoms with Crippen molar-refractivity contribution in [1.29, 1.82) is 0 Å². The van der Waals surface area contributed by atoms with E-state index in [0.29, 0.717) is 0 Å². The van der Waals surface area contributed by atoms with Gasteiger partial charge in [-0.3, -0.25) is 0 Å². The number of carbonyl (C=O) groups excluding carboxylic acids is 1. The van der Waals surface area contributed by atoms with Gasteiger partial charge in [0.25, 0.3) is 6.43 Å². The zero-order valence-corrected chi connectivity index (χ0v) is 10.0. The molecule has 0 aliphatic rings. The van der Waals surface area contributed by atoms with Gasteiger partial charge in [-0.05, 0) is 12.5 Å². The molecule has 1 aromatic rings. The van der Waals surface area contributed by atoms with Crippen molar-refractivity contribution in [3.63, 3.8) is 0 Å². The Morgan fingerprint density at radius 1 is 1.39 bits per heavy atom. The van der Waals surface area contributed by atoms with Crippen LogP contribution in [0, 0.1) is 0 Å². The highest BCUT2D eigenvalue weighted by molar-refractivity contribution is 5.82. The van der Waals surface area contributed by atoms with Gasteiger partial charge in [0.15, 0.2) is 0 Å². The Balaban J connectivity index is 2.61. The van der Waals surface area contributed by atoms with Gasteiger partial charge in [-0.2, -0.15) is 0 Å². The fraction of sp³-hybridized carbons (Fsp3) is 0.308. The van der Waals surface area contributed by atoms with Crippen LogP contribution in [0.2, 0.25) is 0 Å². The van der Waals surface area contributed by atoms with Crippen molar-refractivity contribution in [3.05, 3.63) is 47.7 Å². The third kappa shape index (κ3) is 4.95. The first-order valence-corrected chi connectivity index (χ1v) is 5.57. The number of nitrogens with one attached hydrogen (secondary N) is 1. The molecule has 0 bridgehead atoms. The Kier molecular flexibility index (Phi) is 5.84. The molecule has 0 heterocycles. The molecule has 1 rings (SSSR count). The monoisotopic (exact) mass is 255 g/mol. The van der Waals surface area contributed by atoms with Crippen molar-refractivity contribution < 1.29 is 18.3 Å². The maximum atomic E-state index is 12.7. The van der Waals surface area contributed by atoms with Gasteiger partial charge in [-0.1, -0.05) is 30.3 Å². The maximum absolute atomic E-state index is 12.7. The number of rotatable bonds is 6. The summed E-state index contributed by atoms with van der Waals surface area (Å²) in [5.74, 6) is -0.770. The van der Waals surface area contributed by atoms with E-state index in [1.807, 2.05) is 18.2 Å². The normalized spacial score (nSPS) is 11.4. The lowest BCUT2D eigenvalue weighted by molar-refractivity contribution is -0.137. The second kappa shape index (κ2) is 7.42. The van der Waals surface area contributed by atoms with E-state index in [1.165, 1.54) is 0 Å². The fourth-order valence-electron chi connectivity index (χ4n) is 1.30. The molecule has 0 saturated heterocycles. The van der Waals surface area contributed by atoms with Gasteiger partial charge in [0, 0.05) is 12.6 Å². The predicted molar refractivity (Wildman–Crippen MR) is 64.0 cm³/mol. The third-order valence-corrected chi connectivity index (χ3v) is 2.13. The van der Waals surface area contributed by atoms with Crippen LogP contribution >= 0.6 is 0 Å². The first kappa shape index (κ1) is 14.2. The summed E-state index contributed by atoms with van der Waals surface area (Å²) in [5, 5.41) is 2.54. The van der Waals surface area contributed by atoms with Crippen LogP contribution in [0.1, 0.15) is 12.5 Å². The molecule has 0 amide bonds. The van der Waals surface area contributed by atoms with Gasteiger partial charge in [-0.25, -0.2) is 13.6 Å². The first-order valence-electron chi connectivity index (χ1n) is 5.57. The van der Waals surface area contributed by atoms with Crippen molar-refractivity contribution in [2.75, 3.05) is 6.61 Å². The molecule has 0 atom stereocenters. The smallest absolute Gasteiger partial charge is 0.332 e. The summed E-state index contributed by atoms with van der Waals surface area (Å²) in [6, 6.07) is 9.08. The van der Waals surface area contributed by atoms with Crippen molar-refractivity contribution in [1.82, 2.24) is 5.32 Å². The van der Waals surface area contributed by atoms with Crippen LogP contribution < -0.4 is 5.32 Å². The van der Waals surface area contributed by atoms with Crippen LogP contribution in [0.5, 0.6) is 0 Å². The maximum Gasteiger partial charge on any atom is 0.332 e. The van der Waals surface area contributed by atoms with Crippen molar-refractivity contribution in [3.8, 4) is 0 Å². The Labute approximate surface area is 104 Å². The van der Waals surface area contributed by atoms with Crippen LogP contribution in [0.3, 0.4) is 0 Å². The van der Waals surface area contributed by atoms with Crippen molar-refractivity contribution in [2.45, 2.75) is 19.9 Å². The Morgan fingerprint density at radius 2 is 2.06 bits per heavy atom. The van der Waals surface area contributed by atoms with Crippen LogP contribution in [-0.2, 0) is 16.1 Å². The third-order valence-electron chi connectivity index (χ3n) is 2.13. The van der Waals surface area contributed by atoms with Crippen LogP contribution in [0.25, 0.3) is 0 Å². The molecule has 0 aromatic heterocycles. The topological polar surface area (TPSA) is 38.3 Å². The Morgan fingerprint density at radius 3 is 2.61 bits per heavy atom. The quantitative estimate of drug-likeness (QED) is 0.627. The van der Waals surface area contributed by atoms with E-state index in [9.17, 15) is 13.6 Å². The minimum atomic E-state index is -2.74. The molecule has 5 heteroatoms. The number of alkyl halides is 2. The van der Waals surface area contributed by atoms with Crippen LogP contribution in [0.15, 0.2) is 42.1 Å². The molecule has 0 aliphatic heterocycles. The molecule has 0 spiro atoms. The molecule has 0 radical (unpaired) electrons. The van der Waals surface area contributed by atoms with E-state index in [4.69, 9.17) is 0 Å². The van der Waals surface area contributed by atoms with E-state index in [2.05, 4.69) is 10.1 Å². The molecule has 18 heavy (non-hydrogen) atoms. The summed E-state index contributed by atoms with van der Waals surface area (Å²) in [6.07, 6.45) is -1.95. The van der Waals surface area contributed by atoms with Gasteiger partial charge in [0.2, 0.25) is 0 Å². The summed E-state index contributed by atoms with van der Waals surface area (Å²) in [5.41, 5.74) is 0.421. The van der Waals surface area contributed by atoms with E-state index in [-0.39, 0.29) is 13.2 Å². The largest absolute Gasteiger partial charge is 0.463 e. The summed E-state index contributed by atoms with van der Waals surface area (Å²) in [6.45, 7) is 2.01. The number of halogens is 2. The lowest BCUT2D eigenvalue weighted by Gasteiger charge is -2.10. The second-order valence-corrected chi connectivity index (χ2v) is 3.49. The summed E-state index contributed by atoms with van der Waals surface area (Å²) in [4.78, 5) is 11.1. The van der Waals surface area contributed by atoms with E-state index < -0.39 is 18.1 Å². The first-order chi connectivity index (χ1) is 8.63. The summed E-state index contributed by atoms with van der Waals surface area (Å²) in [7, 11) is 0. The molecule has 0 fully saturated rings. The van der Waals surface area contributed by atoms with E-state index >= 15 is 0 Å². The number of hydrogen-bond acceptors (Lipinski definition) is 3. The summed E-state index contributed by atoms with van der Waals surface area (Å²) >= 11 is 0. The van der Waals surface area contributed by atoms with E-state index in [0.717, 1.165) is 11.6 Å². The van der Waals surface area contributed by atoms with Crippen LogP contribution in [0.4, 0.5) is 8.78 Å². The van der Waals surface area contributed by atoms with Crippen LogP contribution in [-0.4, -0.2) is 19.0 Å². The highest BCUT2D eigenvalue weighted by atomic mass is 19.3. The number of benzene rings is 1. The molecule has 0 saturated carbocycles.